The van der Waals surface area contributed by atoms with Crippen molar-refractivity contribution in [2.75, 3.05) is 13.2 Å². The van der Waals surface area contributed by atoms with E-state index < -0.39 is 36.3 Å². The van der Waals surface area contributed by atoms with E-state index >= 15 is 0 Å². The highest BCUT2D eigenvalue weighted by atomic mass is 16.6. The lowest BCUT2D eigenvalue weighted by Crippen LogP contribution is -2.47. The Morgan fingerprint density at radius 2 is 1.32 bits per heavy atom. The first-order chi connectivity index (χ1) is 22.3. The van der Waals surface area contributed by atoms with E-state index in [0.29, 0.717) is 30.4 Å². The van der Waals surface area contributed by atoms with Crippen LogP contribution in [0.2, 0.25) is 0 Å². The van der Waals surface area contributed by atoms with Gasteiger partial charge in [0.25, 0.3) is 0 Å². The van der Waals surface area contributed by atoms with Crippen LogP contribution in [0.4, 0.5) is 4.79 Å². The molecular weight excluding hydrogens is 600 g/mol. The number of ether oxygens (including phenoxy) is 3. The molecule has 0 aliphatic carbocycles. The molecule has 248 valence electrons. The Hall–Kier alpha value is -4.57. The van der Waals surface area contributed by atoms with Crippen LogP contribution in [0, 0.1) is 0 Å². The molecule has 10 nitrogen and oxygen atoms in total. The lowest BCUT2D eigenvalue weighted by atomic mass is 9.98. The molecule has 1 amide bonds. The minimum absolute atomic E-state index is 0.177. The summed E-state index contributed by atoms with van der Waals surface area (Å²) in [7, 11) is 0. The quantitative estimate of drug-likeness (QED) is 0.173. The molecule has 0 unspecified atom stereocenters. The Balaban J connectivity index is 1.17. The molecule has 5 rings (SSSR count). The van der Waals surface area contributed by atoms with Gasteiger partial charge >= 0.3 is 18.0 Å². The molecule has 47 heavy (non-hydrogen) atoms. The molecule has 0 bridgehead atoms. The number of carbonyl (C=O) groups is 5. The SMILES string of the molecule is C[C@@H]1CC[C@@H](C(=O)OCC(=O)c2ccc(-c3ccc4cc(C(=O)COC(=O)[C@@H]5CC[C@@H](C)N5C(=O)OC(C)(C)C)ccc4c3)cc2)N1. The second-order valence-electron chi connectivity index (χ2n) is 13.4. The van der Waals surface area contributed by atoms with Gasteiger partial charge in [-0.1, -0.05) is 48.5 Å². The molecule has 2 aliphatic heterocycles. The minimum Gasteiger partial charge on any atom is -0.456 e. The third-order valence-electron chi connectivity index (χ3n) is 8.60. The van der Waals surface area contributed by atoms with Gasteiger partial charge in [-0.25, -0.2) is 9.59 Å². The number of hydrogen-bond donors (Lipinski definition) is 1. The van der Waals surface area contributed by atoms with Crippen LogP contribution in [0.1, 0.15) is 81.0 Å². The van der Waals surface area contributed by atoms with Crippen molar-refractivity contribution in [3.8, 4) is 11.1 Å². The van der Waals surface area contributed by atoms with Crippen molar-refractivity contribution in [3.05, 3.63) is 71.8 Å². The van der Waals surface area contributed by atoms with Gasteiger partial charge in [0, 0.05) is 23.2 Å². The molecule has 1 N–H and O–H groups in total. The first kappa shape index (κ1) is 33.8. The van der Waals surface area contributed by atoms with Gasteiger partial charge in [0.2, 0.25) is 0 Å². The lowest BCUT2D eigenvalue weighted by molar-refractivity contribution is -0.148. The second-order valence-corrected chi connectivity index (χ2v) is 13.4. The monoisotopic (exact) mass is 642 g/mol. The topological polar surface area (TPSA) is 128 Å². The number of amides is 1. The largest absolute Gasteiger partial charge is 0.456 e. The third kappa shape index (κ3) is 8.24. The maximum absolute atomic E-state index is 13.0. The number of benzene rings is 3. The van der Waals surface area contributed by atoms with Gasteiger partial charge < -0.3 is 19.5 Å². The number of carbonyl (C=O) groups excluding carboxylic acids is 5. The molecule has 4 atom stereocenters. The van der Waals surface area contributed by atoms with Crippen LogP contribution >= 0.6 is 0 Å². The zero-order chi connectivity index (χ0) is 33.9. The summed E-state index contributed by atoms with van der Waals surface area (Å²) in [6.07, 6.45) is 2.12. The smallest absolute Gasteiger partial charge is 0.411 e. The molecule has 2 fully saturated rings. The van der Waals surface area contributed by atoms with Crippen molar-refractivity contribution in [2.45, 2.75) is 90.1 Å². The van der Waals surface area contributed by atoms with Crippen molar-refractivity contribution < 1.29 is 38.2 Å². The predicted octanol–water partition coefficient (Wildman–Crippen LogP) is 5.89. The molecule has 3 aromatic rings. The van der Waals surface area contributed by atoms with E-state index in [2.05, 4.69) is 5.32 Å². The Labute approximate surface area is 274 Å². The summed E-state index contributed by atoms with van der Waals surface area (Å²) in [5, 5.41) is 4.91. The number of hydrogen-bond acceptors (Lipinski definition) is 9. The molecule has 0 aromatic heterocycles. The summed E-state index contributed by atoms with van der Waals surface area (Å²) in [5.74, 6) is -1.63. The summed E-state index contributed by atoms with van der Waals surface area (Å²) in [4.78, 5) is 64.8. The zero-order valence-corrected chi connectivity index (χ0v) is 27.5. The van der Waals surface area contributed by atoms with Crippen LogP contribution in [-0.2, 0) is 23.8 Å². The van der Waals surface area contributed by atoms with E-state index in [1.165, 1.54) is 4.90 Å². The number of nitrogens with zero attached hydrogens (tertiary/aromatic N) is 1. The van der Waals surface area contributed by atoms with Gasteiger partial charge in [-0.3, -0.25) is 19.3 Å². The summed E-state index contributed by atoms with van der Waals surface area (Å²) < 4.78 is 16.1. The molecule has 2 aliphatic rings. The number of esters is 2. The molecule has 10 heteroatoms. The normalized spacial score (nSPS) is 21.0. The fourth-order valence-electron chi connectivity index (χ4n) is 6.03. The van der Waals surface area contributed by atoms with Crippen LogP contribution < -0.4 is 5.32 Å². The molecular formula is C37H42N2O8. The van der Waals surface area contributed by atoms with E-state index in [0.717, 1.165) is 28.3 Å². The van der Waals surface area contributed by atoms with Crippen LogP contribution in [0.3, 0.4) is 0 Å². The number of likely N-dealkylation sites (tertiary alicyclic amines) is 1. The van der Waals surface area contributed by atoms with Gasteiger partial charge in [0.05, 0.1) is 0 Å². The molecule has 0 spiro atoms. The molecule has 0 saturated carbocycles. The van der Waals surface area contributed by atoms with E-state index in [-0.39, 0.29) is 36.3 Å². The van der Waals surface area contributed by atoms with Crippen molar-refractivity contribution >= 4 is 40.4 Å². The first-order valence-corrected chi connectivity index (χ1v) is 16.1. The highest BCUT2D eigenvalue weighted by Gasteiger charge is 2.42. The van der Waals surface area contributed by atoms with Crippen LogP contribution in [-0.4, -0.2) is 77.5 Å². The van der Waals surface area contributed by atoms with Crippen LogP contribution in [0.15, 0.2) is 60.7 Å². The highest BCUT2D eigenvalue weighted by molar-refractivity contribution is 6.02. The van der Waals surface area contributed by atoms with Crippen LogP contribution in [0.5, 0.6) is 0 Å². The predicted molar refractivity (Wildman–Crippen MR) is 176 cm³/mol. The molecule has 2 heterocycles. The number of fused-ring (bicyclic) bond motifs is 1. The minimum atomic E-state index is -0.796. The molecule has 2 saturated heterocycles. The van der Waals surface area contributed by atoms with Crippen molar-refractivity contribution in [2.24, 2.45) is 0 Å². The van der Waals surface area contributed by atoms with Gasteiger partial charge in [-0.2, -0.15) is 0 Å². The second kappa shape index (κ2) is 14.0. The summed E-state index contributed by atoms with van der Waals surface area (Å²) in [6, 6.07) is 17.2. The van der Waals surface area contributed by atoms with Crippen molar-refractivity contribution in [3.63, 3.8) is 0 Å². The Bertz CT molecular complexity index is 1680. The van der Waals surface area contributed by atoms with E-state index in [1.54, 1.807) is 45.0 Å². The summed E-state index contributed by atoms with van der Waals surface area (Å²) >= 11 is 0. The van der Waals surface area contributed by atoms with Crippen molar-refractivity contribution in [1.29, 1.82) is 0 Å². The Morgan fingerprint density at radius 3 is 1.98 bits per heavy atom. The fourth-order valence-corrected chi connectivity index (χ4v) is 6.03. The van der Waals surface area contributed by atoms with Gasteiger partial charge in [-0.15, -0.1) is 0 Å². The zero-order valence-electron chi connectivity index (χ0n) is 27.5. The lowest BCUT2D eigenvalue weighted by Gasteiger charge is -2.30. The fraction of sp³-hybridized carbons (Fsp3) is 0.432. The van der Waals surface area contributed by atoms with E-state index in [4.69, 9.17) is 14.2 Å². The molecule has 3 aromatic carbocycles. The van der Waals surface area contributed by atoms with Crippen molar-refractivity contribution in [1.82, 2.24) is 10.2 Å². The number of Topliss-reactive ketones (excluding diaryl/α,β-unsaturated/α-hetero) is 2. The van der Waals surface area contributed by atoms with Gasteiger partial charge in [0.15, 0.2) is 24.8 Å². The van der Waals surface area contributed by atoms with Gasteiger partial charge in [0.1, 0.15) is 17.7 Å². The van der Waals surface area contributed by atoms with Gasteiger partial charge in [-0.05, 0) is 94.3 Å². The third-order valence-corrected chi connectivity index (χ3v) is 8.60. The first-order valence-electron chi connectivity index (χ1n) is 16.1. The standard InChI is InChI=1S/C37H42N2O8/c1-22-6-16-30(38-22)34(42)45-20-32(40)25-10-8-24(9-11-25)26-12-13-28-19-29(15-14-27(28)18-26)33(41)21-46-35(43)31-17-7-23(2)39(31)36(44)47-37(3,4)5/h8-15,18-19,22-23,30-31,38H,6-7,16-17,20-21H2,1-5H3/t22-,23-,30+,31+/m1/s1. The number of ketones is 2. The summed E-state index contributed by atoms with van der Waals surface area (Å²) in [5.41, 5.74) is 1.99. The van der Waals surface area contributed by atoms with Crippen LogP contribution in [0.25, 0.3) is 21.9 Å². The maximum Gasteiger partial charge on any atom is 0.411 e. The average molecular weight is 643 g/mol. The number of rotatable bonds is 9. The average Bonchev–Trinajstić information content (AvgIpc) is 3.66. The van der Waals surface area contributed by atoms with E-state index in [1.807, 2.05) is 50.2 Å². The Kier molecular flexibility index (Phi) is 10.1. The highest BCUT2D eigenvalue weighted by Crippen LogP contribution is 2.28. The molecule has 0 radical (unpaired) electrons. The maximum atomic E-state index is 13.0. The number of nitrogens with one attached hydrogen (secondary N) is 1. The van der Waals surface area contributed by atoms with E-state index in [9.17, 15) is 24.0 Å². The summed E-state index contributed by atoms with van der Waals surface area (Å²) in [6.45, 7) is 8.43. The Morgan fingerprint density at radius 1 is 0.723 bits per heavy atom.